The third-order valence-electron chi connectivity index (χ3n) is 2.79. The molecule has 0 atom stereocenters. The monoisotopic (exact) mass is 344 g/mol. The second-order valence-corrected chi connectivity index (χ2v) is 6.37. The highest BCUT2D eigenvalue weighted by atomic mass is 79.9. The number of ether oxygens (including phenoxy) is 1. The largest absolute Gasteiger partial charge is 0.444 e. The van der Waals surface area contributed by atoms with Crippen LogP contribution in [0.5, 0.6) is 0 Å². The van der Waals surface area contributed by atoms with Gasteiger partial charge in [-0.05, 0) is 42.7 Å². The van der Waals surface area contributed by atoms with E-state index in [0.29, 0.717) is 31.9 Å². The summed E-state index contributed by atoms with van der Waals surface area (Å²) in [5.41, 5.74) is -0.146. The van der Waals surface area contributed by atoms with Gasteiger partial charge in [-0.3, -0.25) is 4.98 Å². The lowest BCUT2D eigenvalue weighted by Crippen LogP contribution is -2.50. The van der Waals surface area contributed by atoms with E-state index in [4.69, 9.17) is 8.85 Å². The van der Waals surface area contributed by atoms with Crippen LogP contribution in [-0.4, -0.2) is 47.8 Å². The van der Waals surface area contributed by atoms with E-state index in [0.717, 1.165) is 0 Å². The number of piperazine rings is 1. The minimum absolute atomic E-state index is 0.0840. The van der Waals surface area contributed by atoms with Crippen molar-refractivity contribution in [2.45, 2.75) is 26.4 Å². The summed E-state index contributed by atoms with van der Waals surface area (Å²) in [4.78, 5) is 19.4. The predicted octanol–water partition coefficient (Wildman–Crippen LogP) is 2.90. The summed E-state index contributed by atoms with van der Waals surface area (Å²) in [7, 11) is 0. The Morgan fingerprint density at radius 1 is 1.35 bits per heavy atom. The van der Waals surface area contributed by atoms with E-state index in [1.165, 1.54) is 0 Å². The van der Waals surface area contributed by atoms with Crippen LogP contribution >= 0.6 is 15.9 Å². The van der Waals surface area contributed by atoms with Crippen molar-refractivity contribution in [3.8, 4) is 0 Å². The van der Waals surface area contributed by atoms with Crippen LogP contribution in [0.25, 0.3) is 0 Å². The maximum Gasteiger partial charge on any atom is 0.410 e. The van der Waals surface area contributed by atoms with Gasteiger partial charge in [0, 0.05) is 36.8 Å². The topological polar surface area (TPSA) is 45.7 Å². The van der Waals surface area contributed by atoms with Crippen molar-refractivity contribution in [2.24, 2.45) is 0 Å². The first-order valence-corrected chi connectivity index (χ1v) is 7.25. The Kier molecular flexibility index (Phi) is 3.41. The van der Waals surface area contributed by atoms with Crippen LogP contribution in [0.3, 0.4) is 0 Å². The lowest BCUT2D eigenvalue weighted by molar-refractivity contribution is 0.0240. The van der Waals surface area contributed by atoms with E-state index in [1.54, 1.807) is 4.90 Å². The van der Waals surface area contributed by atoms with Crippen LogP contribution < -0.4 is 4.90 Å². The molecule has 1 fully saturated rings. The van der Waals surface area contributed by atoms with Crippen molar-refractivity contribution in [1.29, 1.82) is 0 Å². The fourth-order valence-corrected chi connectivity index (χ4v) is 2.16. The number of hydrogen-bond acceptors (Lipinski definition) is 4. The number of amides is 1. The molecule has 0 radical (unpaired) electrons. The summed E-state index contributed by atoms with van der Waals surface area (Å²) in [5, 5.41) is 0. The van der Waals surface area contributed by atoms with Gasteiger partial charge in [-0.1, -0.05) is 0 Å². The van der Waals surface area contributed by atoms with E-state index < -0.39 is 5.60 Å². The van der Waals surface area contributed by atoms with E-state index in [1.807, 2.05) is 25.7 Å². The maximum atomic E-state index is 12.1. The van der Waals surface area contributed by atoms with Gasteiger partial charge in [0.25, 0.3) is 0 Å². The first-order valence-electron chi connectivity index (χ1n) is 7.96. The van der Waals surface area contributed by atoms with Gasteiger partial charge in [-0.25, -0.2) is 4.79 Å². The van der Waals surface area contributed by atoms with Gasteiger partial charge < -0.3 is 14.5 Å². The van der Waals surface area contributed by atoms with Gasteiger partial charge in [0.2, 0.25) is 0 Å². The van der Waals surface area contributed by atoms with Crippen molar-refractivity contribution < 1.29 is 13.6 Å². The number of nitrogens with zero attached hydrogens (tertiary/aromatic N) is 3. The van der Waals surface area contributed by atoms with Crippen molar-refractivity contribution in [3.05, 3.63) is 22.9 Å². The molecular formula is C14H20BrN3O2. The van der Waals surface area contributed by atoms with Crippen LogP contribution in [0, 0.1) is 0 Å². The van der Waals surface area contributed by atoms with Gasteiger partial charge in [-0.15, -0.1) is 0 Å². The fraction of sp³-hybridized carbons (Fsp3) is 0.571. The number of aromatic nitrogens is 1. The number of halogens is 1. The van der Waals surface area contributed by atoms with Gasteiger partial charge in [0.1, 0.15) is 5.60 Å². The molecule has 1 aliphatic rings. The van der Waals surface area contributed by atoms with Crippen molar-refractivity contribution >= 4 is 27.7 Å². The number of hydrogen-bond donors (Lipinski definition) is 0. The summed E-state index contributed by atoms with van der Waals surface area (Å²) < 4.78 is 29.2. The first-order chi connectivity index (χ1) is 10.6. The Hall–Kier alpha value is -1.30. The summed E-state index contributed by atoms with van der Waals surface area (Å²) in [6.45, 7) is 7.36. The molecule has 5 nitrogen and oxygen atoms in total. The number of anilines is 1. The first kappa shape index (κ1) is 11.4. The van der Waals surface area contributed by atoms with Gasteiger partial charge in [0.05, 0.1) is 16.0 Å². The summed E-state index contributed by atoms with van der Waals surface area (Å²) in [6, 6.07) is 0.0840. The molecule has 0 N–H and O–H groups in total. The second-order valence-electron chi connectivity index (χ2n) is 5.58. The molecule has 1 aromatic rings. The van der Waals surface area contributed by atoms with Gasteiger partial charge >= 0.3 is 6.09 Å². The maximum absolute atomic E-state index is 12.1. The third-order valence-corrected chi connectivity index (χ3v) is 3.17. The Balaban J connectivity index is 2.08. The molecule has 0 spiro atoms. The standard InChI is InChI=1S/C14H20BrN3O2/c1-14(2,3)20-13(19)18-6-4-17(5-7-18)12-8-11(15)9-16-10-12/h8-10H,4-7H2,1-3H3/i8D,9D,10D. The van der Waals surface area contributed by atoms with Crippen LogP contribution in [0.1, 0.15) is 24.9 Å². The molecule has 0 bridgehead atoms. The van der Waals surface area contributed by atoms with E-state index in [-0.39, 0.29) is 29.0 Å². The lowest BCUT2D eigenvalue weighted by Gasteiger charge is -2.36. The molecule has 2 rings (SSSR count). The van der Waals surface area contributed by atoms with E-state index in [2.05, 4.69) is 20.9 Å². The smallest absolute Gasteiger partial charge is 0.410 e. The molecule has 0 unspecified atom stereocenters. The van der Waals surface area contributed by atoms with Gasteiger partial charge in [-0.2, -0.15) is 0 Å². The quantitative estimate of drug-likeness (QED) is 0.785. The molecule has 110 valence electrons. The van der Waals surface area contributed by atoms with Crippen LogP contribution in [0.15, 0.2) is 22.9 Å². The van der Waals surface area contributed by atoms with Crippen LogP contribution in [0.4, 0.5) is 10.5 Å². The molecule has 1 aliphatic heterocycles. The number of pyridine rings is 1. The van der Waals surface area contributed by atoms with E-state index >= 15 is 0 Å². The molecule has 2 heterocycles. The number of rotatable bonds is 1. The average Bonchev–Trinajstić information content (AvgIpc) is 2.44. The molecule has 20 heavy (non-hydrogen) atoms. The number of carbonyl (C=O) groups excluding carboxylic acids is 1. The molecule has 0 saturated carbocycles. The highest BCUT2D eigenvalue weighted by molar-refractivity contribution is 9.10. The van der Waals surface area contributed by atoms with Crippen molar-refractivity contribution in [3.63, 3.8) is 0 Å². The molecular weight excluding hydrogens is 322 g/mol. The SMILES string of the molecule is [2H]c1nc([2H])c(N2CCN(C(=O)OC(C)(C)C)CC2)c([2H])c1Br. The Morgan fingerprint density at radius 2 is 2.00 bits per heavy atom. The number of carbonyl (C=O) groups is 1. The molecule has 6 heteroatoms. The zero-order chi connectivity index (χ0) is 17.4. The van der Waals surface area contributed by atoms with Crippen molar-refractivity contribution in [2.75, 3.05) is 31.1 Å². The fourth-order valence-electron chi connectivity index (χ4n) is 1.88. The highest BCUT2D eigenvalue weighted by Crippen LogP contribution is 2.20. The Bertz CT molecular complexity index is 614. The minimum Gasteiger partial charge on any atom is -0.444 e. The second kappa shape index (κ2) is 5.99. The zero-order valence-electron chi connectivity index (χ0n) is 14.9. The van der Waals surface area contributed by atoms with Crippen molar-refractivity contribution in [1.82, 2.24) is 9.88 Å². The Labute approximate surface area is 132 Å². The average molecular weight is 345 g/mol. The van der Waals surface area contributed by atoms with E-state index in [9.17, 15) is 4.79 Å². The molecule has 0 aromatic carbocycles. The highest BCUT2D eigenvalue weighted by Gasteiger charge is 2.25. The molecule has 1 aromatic heterocycles. The third kappa shape index (κ3) is 4.10. The molecule has 1 saturated heterocycles. The van der Waals surface area contributed by atoms with Crippen LogP contribution in [0.2, 0.25) is 0 Å². The minimum atomic E-state index is -0.532. The predicted molar refractivity (Wildman–Crippen MR) is 82.0 cm³/mol. The Morgan fingerprint density at radius 3 is 2.60 bits per heavy atom. The summed E-state index contributed by atoms with van der Waals surface area (Å²) in [5.74, 6) is 0. The lowest BCUT2D eigenvalue weighted by atomic mass is 10.2. The van der Waals surface area contributed by atoms with Crippen LogP contribution in [-0.2, 0) is 4.74 Å². The zero-order valence-corrected chi connectivity index (χ0v) is 13.5. The normalized spacial score (nSPS) is 18.3. The molecule has 1 amide bonds. The van der Waals surface area contributed by atoms with Gasteiger partial charge in [0.15, 0.2) is 0 Å². The summed E-state index contributed by atoms with van der Waals surface area (Å²) >= 11 is 3.17. The molecule has 0 aliphatic carbocycles. The summed E-state index contributed by atoms with van der Waals surface area (Å²) in [6.07, 6.45) is -0.555.